The first-order valence-electron chi connectivity index (χ1n) is 5.98. The molecule has 0 radical (unpaired) electrons. The van der Waals surface area contributed by atoms with E-state index in [4.69, 9.17) is 11.6 Å². The number of rotatable bonds is 0. The summed E-state index contributed by atoms with van der Waals surface area (Å²) in [6.45, 7) is 0.194. The van der Waals surface area contributed by atoms with Crippen LogP contribution in [0.2, 0.25) is 0 Å². The van der Waals surface area contributed by atoms with Crippen LogP contribution in [0.3, 0.4) is 0 Å². The van der Waals surface area contributed by atoms with E-state index < -0.39 is 17.6 Å². The van der Waals surface area contributed by atoms with Crippen molar-refractivity contribution in [3.63, 3.8) is 0 Å². The van der Waals surface area contributed by atoms with Crippen LogP contribution in [0.25, 0.3) is 0 Å². The van der Waals surface area contributed by atoms with Gasteiger partial charge >= 0.3 is 6.18 Å². The molecule has 1 aromatic heterocycles. The summed E-state index contributed by atoms with van der Waals surface area (Å²) in [7, 11) is 0. The Morgan fingerprint density at radius 1 is 1.40 bits per heavy atom. The van der Waals surface area contributed by atoms with Gasteiger partial charge in [0.25, 0.3) is 5.91 Å². The third-order valence-corrected chi connectivity index (χ3v) is 3.62. The number of hydrogen-bond acceptors (Lipinski definition) is 1. The number of hydrogen-bond donors (Lipinski definition) is 1. The maximum absolute atomic E-state index is 12.7. The molecule has 1 aliphatic heterocycles. The van der Waals surface area contributed by atoms with Gasteiger partial charge in [0.05, 0.1) is 10.9 Å². The lowest BCUT2D eigenvalue weighted by Crippen LogP contribution is -2.23. The number of nitrogens with zero attached hydrogens (tertiary/aromatic N) is 1. The second kappa shape index (κ2) is 4.41. The molecule has 1 aliphatic carbocycles. The fourth-order valence-corrected chi connectivity index (χ4v) is 2.60. The summed E-state index contributed by atoms with van der Waals surface area (Å²) in [5, 5.41) is 2.43. The van der Waals surface area contributed by atoms with Crippen molar-refractivity contribution in [2.45, 2.75) is 24.5 Å². The van der Waals surface area contributed by atoms with E-state index in [0.29, 0.717) is 12.1 Å². The van der Waals surface area contributed by atoms with Gasteiger partial charge in [0.2, 0.25) is 0 Å². The Labute approximate surface area is 117 Å². The fourth-order valence-electron chi connectivity index (χ4n) is 2.36. The van der Waals surface area contributed by atoms with Crippen LogP contribution in [0.5, 0.6) is 0 Å². The highest BCUT2D eigenvalue weighted by atomic mass is 35.5. The molecule has 20 heavy (non-hydrogen) atoms. The van der Waals surface area contributed by atoms with Gasteiger partial charge in [-0.05, 0) is 18.1 Å². The summed E-state index contributed by atoms with van der Waals surface area (Å²) >= 11 is 6.01. The predicted octanol–water partition coefficient (Wildman–Crippen LogP) is 3.07. The molecule has 3 rings (SSSR count). The maximum atomic E-state index is 12.7. The standard InChI is InChI=1S/C13H10ClF3N2O/c14-9-1-2-10-7(3-9)5-19-6-8(13(15,16)17)4-11(19)12(20)18-10/h2-4,6,9H,1,5H2,(H,18,20). The minimum Gasteiger partial charge on any atom is -0.338 e. The topological polar surface area (TPSA) is 34.0 Å². The van der Waals surface area contributed by atoms with Gasteiger partial charge < -0.3 is 9.88 Å². The van der Waals surface area contributed by atoms with Crippen molar-refractivity contribution in [2.24, 2.45) is 0 Å². The van der Waals surface area contributed by atoms with Crippen LogP contribution in [-0.2, 0) is 12.7 Å². The second-order valence-electron chi connectivity index (χ2n) is 4.76. The van der Waals surface area contributed by atoms with E-state index in [0.717, 1.165) is 17.8 Å². The van der Waals surface area contributed by atoms with Crippen LogP contribution in [0.4, 0.5) is 13.2 Å². The first-order chi connectivity index (χ1) is 9.34. The van der Waals surface area contributed by atoms with E-state index in [2.05, 4.69) is 5.32 Å². The van der Waals surface area contributed by atoms with Crippen molar-refractivity contribution >= 4 is 17.5 Å². The summed E-state index contributed by atoms with van der Waals surface area (Å²) in [6.07, 6.45) is 0.634. The van der Waals surface area contributed by atoms with Crippen LogP contribution >= 0.6 is 11.6 Å². The molecule has 7 heteroatoms. The Bertz CT molecular complexity index is 643. The molecule has 106 valence electrons. The third kappa shape index (κ3) is 2.24. The zero-order chi connectivity index (χ0) is 14.5. The van der Waals surface area contributed by atoms with E-state index in [1.54, 1.807) is 12.2 Å². The van der Waals surface area contributed by atoms with Crippen LogP contribution in [-0.4, -0.2) is 15.9 Å². The molecule has 0 bridgehead atoms. The molecule has 0 spiro atoms. The lowest BCUT2D eigenvalue weighted by molar-refractivity contribution is -0.137. The quantitative estimate of drug-likeness (QED) is 0.734. The van der Waals surface area contributed by atoms with E-state index in [1.165, 1.54) is 4.57 Å². The number of amides is 1. The SMILES string of the molecule is O=C1NC2=CCC(Cl)C=C2Cn2cc(C(F)(F)F)cc21. The van der Waals surface area contributed by atoms with Crippen molar-refractivity contribution in [3.05, 3.63) is 46.9 Å². The van der Waals surface area contributed by atoms with Crippen molar-refractivity contribution in [1.82, 2.24) is 9.88 Å². The zero-order valence-corrected chi connectivity index (χ0v) is 10.9. The van der Waals surface area contributed by atoms with Gasteiger partial charge in [-0.3, -0.25) is 4.79 Å². The average Bonchev–Trinajstić information content (AvgIpc) is 2.71. The molecule has 0 saturated carbocycles. The van der Waals surface area contributed by atoms with Crippen molar-refractivity contribution in [2.75, 3.05) is 0 Å². The summed E-state index contributed by atoms with van der Waals surface area (Å²) < 4.78 is 39.4. The monoisotopic (exact) mass is 302 g/mol. The van der Waals surface area contributed by atoms with Crippen LogP contribution < -0.4 is 5.32 Å². The lowest BCUT2D eigenvalue weighted by Gasteiger charge is -2.16. The Morgan fingerprint density at radius 3 is 2.85 bits per heavy atom. The molecule has 3 nitrogen and oxygen atoms in total. The number of carbonyl (C=O) groups is 1. The number of fused-ring (bicyclic) bond motifs is 2. The van der Waals surface area contributed by atoms with Gasteiger partial charge in [-0.1, -0.05) is 12.2 Å². The lowest BCUT2D eigenvalue weighted by atomic mass is 10.0. The van der Waals surface area contributed by atoms with Gasteiger partial charge in [-0.25, -0.2) is 0 Å². The number of halogens is 4. The fraction of sp³-hybridized carbons (Fsp3) is 0.308. The molecule has 1 aromatic rings. The smallest absolute Gasteiger partial charge is 0.338 e. The van der Waals surface area contributed by atoms with Crippen LogP contribution in [0.15, 0.2) is 35.7 Å². The second-order valence-corrected chi connectivity index (χ2v) is 5.32. The molecule has 1 amide bonds. The molecule has 0 aromatic carbocycles. The van der Waals surface area contributed by atoms with Gasteiger partial charge in [-0.2, -0.15) is 13.2 Å². The summed E-state index contributed by atoms with van der Waals surface area (Å²) in [5.74, 6) is -0.539. The first-order valence-corrected chi connectivity index (χ1v) is 6.42. The Balaban J connectivity index is 2.04. The minimum atomic E-state index is -4.46. The minimum absolute atomic E-state index is 0.000326. The van der Waals surface area contributed by atoms with Gasteiger partial charge in [-0.15, -0.1) is 11.6 Å². The molecule has 0 saturated heterocycles. The maximum Gasteiger partial charge on any atom is 0.417 e. The molecule has 2 heterocycles. The number of aromatic nitrogens is 1. The van der Waals surface area contributed by atoms with E-state index in [1.807, 2.05) is 0 Å². The average molecular weight is 303 g/mol. The molecule has 1 atom stereocenters. The number of allylic oxidation sites excluding steroid dienone is 3. The van der Waals surface area contributed by atoms with Crippen LogP contribution in [0.1, 0.15) is 22.5 Å². The number of carbonyl (C=O) groups excluding carboxylic acids is 1. The van der Waals surface area contributed by atoms with Gasteiger partial charge in [0, 0.05) is 18.4 Å². The van der Waals surface area contributed by atoms with Crippen LogP contribution in [0, 0.1) is 0 Å². The Hall–Kier alpha value is -1.69. The number of alkyl halides is 4. The molecular weight excluding hydrogens is 293 g/mol. The van der Waals surface area contributed by atoms with Gasteiger partial charge in [0.15, 0.2) is 0 Å². The number of nitrogens with one attached hydrogen (secondary N) is 1. The van der Waals surface area contributed by atoms with E-state index in [-0.39, 0.29) is 17.6 Å². The molecule has 2 aliphatic rings. The van der Waals surface area contributed by atoms with E-state index >= 15 is 0 Å². The third-order valence-electron chi connectivity index (χ3n) is 3.32. The normalized spacial score (nSPS) is 22.2. The largest absolute Gasteiger partial charge is 0.417 e. The summed E-state index contributed by atoms with van der Waals surface area (Å²) in [5.41, 5.74) is 0.533. The highest BCUT2D eigenvalue weighted by Crippen LogP contribution is 2.33. The van der Waals surface area contributed by atoms with Gasteiger partial charge in [0.1, 0.15) is 5.69 Å². The molecule has 1 N–H and O–H groups in total. The summed E-state index contributed by atoms with van der Waals surface area (Å²) in [4.78, 5) is 12.0. The van der Waals surface area contributed by atoms with Crippen molar-refractivity contribution < 1.29 is 18.0 Å². The predicted molar refractivity (Wildman–Crippen MR) is 67.3 cm³/mol. The van der Waals surface area contributed by atoms with Crippen molar-refractivity contribution in [1.29, 1.82) is 0 Å². The molecular formula is C13H10ClF3N2O. The Kier molecular flexibility index (Phi) is 2.93. The van der Waals surface area contributed by atoms with E-state index in [9.17, 15) is 18.0 Å². The zero-order valence-electron chi connectivity index (χ0n) is 10.2. The highest BCUT2D eigenvalue weighted by Gasteiger charge is 2.35. The molecule has 1 unspecified atom stereocenters. The first kappa shape index (κ1) is 13.3. The highest BCUT2D eigenvalue weighted by molar-refractivity contribution is 6.22. The molecule has 0 fully saturated rings. The summed E-state index contributed by atoms with van der Waals surface area (Å²) in [6, 6.07) is 0.867. The Morgan fingerprint density at radius 2 is 2.15 bits per heavy atom. The van der Waals surface area contributed by atoms with Crippen molar-refractivity contribution in [3.8, 4) is 0 Å².